The fourth-order valence-electron chi connectivity index (χ4n) is 4.00. The van der Waals surface area contributed by atoms with Crippen LogP contribution in [0.15, 0.2) is 30.6 Å². The van der Waals surface area contributed by atoms with E-state index in [0.717, 1.165) is 37.1 Å². The number of amides is 1. The first-order valence-electron chi connectivity index (χ1n) is 9.14. The molecule has 6 nitrogen and oxygen atoms in total. The number of nitrogens with zero attached hydrogens (tertiary/aromatic N) is 3. The minimum absolute atomic E-state index is 0.0356. The van der Waals surface area contributed by atoms with Crippen molar-refractivity contribution in [2.75, 3.05) is 19.8 Å². The minimum atomic E-state index is -0.275. The van der Waals surface area contributed by atoms with Crippen molar-refractivity contribution in [2.24, 2.45) is 5.92 Å². The van der Waals surface area contributed by atoms with Crippen LogP contribution in [0.4, 0.5) is 4.39 Å². The van der Waals surface area contributed by atoms with E-state index in [1.54, 1.807) is 12.1 Å². The predicted molar refractivity (Wildman–Crippen MR) is 93.0 cm³/mol. The highest BCUT2D eigenvalue weighted by Gasteiger charge is 2.36. The van der Waals surface area contributed by atoms with Gasteiger partial charge in [0.15, 0.2) is 0 Å². The Balaban J connectivity index is 1.46. The van der Waals surface area contributed by atoms with Gasteiger partial charge in [-0.15, -0.1) is 0 Å². The van der Waals surface area contributed by atoms with Crippen LogP contribution in [-0.4, -0.2) is 40.4 Å². The molecule has 7 heteroatoms. The molecule has 1 unspecified atom stereocenters. The van der Waals surface area contributed by atoms with Crippen LogP contribution in [-0.2, 0) is 27.9 Å². The summed E-state index contributed by atoms with van der Waals surface area (Å²) in [5.74, 6) is 0.627. The summed E-state index contributed by atoms with van der Waals surface area (Å²) in [6.07, 6.45) is 4.63. The Morgan fingerprint density at radius 1 is 1.38 bits per heavy atom. The van der Waals surface area contributed by atoms with E-state index >= 15 is 0 Å². The molecule has 1 amide bonds. The molecule has 0 bridgehead atoms. The van der Waals surface area contributed by atoms with Gasteiger partial charge in [-0.3, -0.25) is 4.79 Å². The summed E-state index contributed by atoms with van der Waals surface area (Å²) < 4.78 is 21.1. The fraction of sp³-hybridized carbons (Fsp3) is 0.526. The molecular formula is C19H23FN4O2. The average molecular weight is 358 g/mol. The van der Waals surface area contributed by atoms with Gasteiger partial charge < -0.3 is 10.1 Å². The molecule has 26 heavy (non-hydrogen) atoms. The number of ether oxygens (including phenoxy) is 1. The maximum atomic E-state index is 13.8. The Morgan fingerprint density at radius 2 is 2.23 bits per heavy atom. The molecule has 1 aromatic carbocycles. The first kappa shape index (κ1) is 17.1. The van der Waals surface area contributed by atoms with Crippen molar-refractivity contribution < 1.29 is 13.9 Å². The molecule has 0 spiro atoms. The predicted octanol–water partition coefficient (Wildman–Crippen LogP) is 1.84. The number of fused-ring (bicyclic) bond motifs is 1. The van der Waals surface area contributed by atoms with E-state index in [4.69, 9.17) is 4.74 Å². The van der Waals surface area contributed by atoms with E-state index in [2.05, 4.69) is 15.4 Å². The molecule has 1 N–H and O–H groups in total. The highest BCUT2D eigenvalue weighted by atomic mass is 19.1. The van der Waals surface area contributed by atoms with Crippen molar-refractivity contribution in [1.82, 2.24) is 20.1 Å². The molecule has 0 radical (unpaired) electrons. The summed E-state index contributed by atoms with van der Waals surface area (Å²) in [5.41, 5.74) is 0.659. The van der Waals surface area contributed by atoms with E-state index in [1.807, 2.05) is 10.7 Å². The van der Waals surface area contributed by atoms with Crippen molar-refractivity contribution in [3.63, 3.8) is 0 Å². The number of benzene rings is 1. The zero-order valence-electron chi connectivity index (χ0n) is 14.7. The molecule has 1 fully saturated rings. The van der Waals surface area contributed by atoms with Gasteiger partial charge in [-0.25, -0.2) is 14.1 Å². The van der Waals surface area contributed by atoms with Gasteiger partial charge in [0.25, 0.3) is 0 Å². The van der Waals surface area contributed by atoms with Gasteiger partial charge in [-0.1, -0.05) is 12.1 Å². The lowest BCUT2D eigenvalue weighted by atomic mass is 9.74. The Bertz CT molecular complexity index is 785. The molecule has 2 aliphatic heterocycles. The van der Waals surface area contributed by atoms with Crippen LogP contribution < -0.4 is 5.32 Å². The van der Waals surface area contributed by atoms with Gasteiger partial charge in [0, 0.05) is 31.6 Å². The van der Waals surface area contributed by atoms with Gasteiger partial charge in [0.05, 0.1) is 12.5 Å². The Kier molecular flexibility index (Phi) is 4.72. The lowest BCUT2D eigenvalue weighted by Gasteiger charge is -2.38. The highest BCUT2D eigenvalue weighted by molar-refractivity contribution is 5.78. The number of halogens is 1. The minimum Gasteiger partial charge on any atom is -0.381 e. The maximum absolute atomic E-state index is 13.8. The second kappa shape index (κ2) is 7.15. The molecule has 3 heterocycles. The van der Waals surface area contributed by atoms with Gasteiger partial charge in [-0.2, -0.15) is 5.10 Å². The van der Waals surface area contributed by atoms with Gasteiger partial charge >= 0.3 is 0 Å². The molecule has 4 rings (SSSR count). The van der Waals surface area contributed by atoms with E-state index < -0.39 is 0 Å². The van der Waals surface area contributed by atoms with Crippen LogP contribution in [0.25, 0.3) is 0 Å². The number of aromatic nitrogens is 3. The number of aryl methyl sites for hydroxylation is 1. The third kappa shape index (κ3) is 3.35. The molecule has 2 aromatic rings. The van der Waals surface area contributed by atoms with Gasteiger partial charge in [0.2, 0.25) is 5.91 Å². The van der Waals surface area contributed by atoms with Crippen molar-refractivity contribution in [1.29, 1.82) is 0 Å². The highest BCUT2D eigenvalue weighted by Crippen LogP contribution is 2.34. The number of hydrogen-bond donors (Lipinski definition) is 1. The normalized spacial score (nSPS) is 21.8. The summed E-state index contributed by atoms with van der Waals surface area (Å²) >= 11 is 0. The quantitative estimate of drug-likeness (QED) is 0.906. The van der Waals surface area contributed by atoms with Gasteiger partial charge in [0.1, 0.15) is 18.0 Å². The van der Waals surface area contributed by atoms with Crippen LogP contribution >= 0.6 is 0 Å². The summed E-state index contributed by atoms with van der Waals surface area (Å²) in [4.78, 5) is 16.9. The zero-order chi connectivity index (χ0) is 18.0. The number of hydrogen-bond acceptors (Lipinski definition) is 4. The summed E-state index contributed by atoms with van der Waals surface area (Å²) in [6, 6.07) is 6.71. The third-order valence-corrected chi connectivity index (χ3v) is 5.66. The summed E-state index contributed by atoms with van der Waals surface area (Å²) in [7, 11) is 0. The van der Waals surface area contributed by atoms with E-state index in [9.17, 15) is 9.18 Å². The molecule has 1 aromatic heterocycles. The van der Waals surface area contributed by atoms with Crippen molar-refractivity contribution in [3.8, 4) is 0 Å². The molecule has 138 valence electrons. The zero-order valence-corrected chi connectivity index (χ0v) is 14.7. The number of nitrogens with one attached hydrogen (secondary N) is 1. The lowest BCUT2D eigenvalue weighted by molar-refractivity contribution is -0.126. The number of rotatable bonds is 4. The average Bonchev–Trinajstić information content (AvgIpc) is 3.14. The molecular weight excluding hydrogens is 335 g/mol. The molecule has 2 aliphatic rings. The molecule has 1 atom stereocenters. The molecule has 0 saturated carbocycles. The Hall–Kier alpha value is -2.28. The van der Waals surface area contributed by atoms with Gasteiger partial charge in [-0.05, 0) is 37.0 Å². The van der Waals surface area contributed by atoms with E-state index in [1.165, 1.54) is 12.4 Å². The van der Waals surface area contributed by atoms with E-state index in [0.29, 0.717) is 26.3 Å². The standard InChI is InChI=1S/C19H23FN4O2/c20-16-3-1-2-15(10-16)19(6-8-26-9-7-19)12-21-18(25)14-4-5-17-22-13-23-24(17)11-14/h1-3,10,13-14H,4-9,11-12H2,(H,21,25). The van der Waals surface area contributed by atoms with Crippen LogP contribution in [0.2, 0.25) is 0 Å². The van der Waals surface area contributed by atoms with E-state index in [-0.39, 0.29) is 23.1 Å². The number of carbonyl (C=O) groups excluding carboxylic acids is 1. The monoisotopic (exact) mass is 358 g/mol. The summed E-state index contributed by atoms with van der Waals surface area (Å²) in [5, 5.41) is 7.30. The molecule has 0 aliphatic carbocycles. The second-order valence-electron chi connectivity index (χ2n) is 7.21. The van der Waals surface area contributed by atoms with Crippen molar-refractivity contribution in [2.45, 2.75) is 37.6 Å². The first-order valence-corrected chi connectivity index (χ1v) is 9.14. The van der Waals surface area contributed by atoms with Crippen molar-refractivity contribution in [3.05, 3.63) is 47.8 Å². The van der Waals surface area contributed by atoms with Crippen LogP contribution in [0, 0.1) is 11.7 Å². The third-order valence-electron chi connectivity index (χ3n) is 5.66. The first-order chi connectivity index (χ1) is 12.7. The summed E-state index contributed by atoms with van der Waals surface area (Å²) in [6.45, 7) is 2.31. The Morgan fingerprint density at radius 3 is 3.04 bits per heavy atom. The van der Waals surface area contributed by atoms with Crippen LogP contribution in [0.1, 0.15) is 30.7 Å². The van der Waals surface area contributed by atoms with Crippen LogP contribution in [0.3, 0.4) is 0 Å². The lowest BCUT2D eigenvalue weighted by Crippen LogP contribution is -2.47. The molecule has 1 saturated heterocycles. The smallest absolute Gasteiger partial charge is 0.225 e. The Labute approximate surface area is 151 Å². The number of carbonyl (C=O) groups is 1. The fourth-order valence-corrected chi connectivity index (χ4v) is 4.00. The topological polar surface area (TPSA) is 69.0 Å². The van der Waals surface area contributed by atoms with Crippen LogP contribution in [0.5, 0.6) is 0 Å². The van der Waals surface area contributed by atoms with Crippen molar-refractivity contribution >= 4 is 5.91 Å². The second-order valence-corrected chi connectivity index (χ2v) is 7.21. The SMILES string of the molecule is O=C(NCC1(c2cccc(F)c2)CCOCC1)C1CCc2ncnn2C1. The largest absolute Gasteiger partial charge is 0.381 e. The maximum Gasteiger partial charge on any atom is 0.225 e.